The summed E-state index contributed by atoms with van der Waals surface area (Å²) in [5, 5.41) is 0. The SMILES string of the molecule is CCOc1cccc(CN(C)C(=O)CCN)c1. The summed E-state index contributed by atoms with van der Waals surface area (Å²) in [7, 11) is 1.78. The molecule has 1 amide bonds. The number of hydrogen-bond donors (Lipinski definition) is 1. The van der Waals surface area contributed by atoms with Crippen LogP contribution in [0.4, 0.5) is 0 Å². The highest BCUT2D eigenvalue weighted by atomic mass is 16.5. The summed E-state index contributed by atoms with van der Waals surface area (Å²) < 4.78 is 5.41. The van der Waals surface area contributed by atoms with E-state index < -0.39 is 0 Å². The maximum absolute atomic E-state index is 11.6. The van der Waals surface area contributed by atoms with Gasteiger partial charge < -0.3 is 15.4 Å². The molecule has 0 atom stereocenters. The molecule has 4 nitrogen and oxygen atoms in total. The summed E-state index contributed by atoms with van der Waals surface area (Å²) in [4.78, 5) is 13.3. The zero-order valence-electron chi connectivity index (χ0n) is 10.5. The molecule has 4 heteroatoms. The highest BCUT2D eigenvalue weighted by Crippen LogP contribution is 2.14. The van der Waals surface area contributed by atoms with E-state index in [2.05, 4.69) is 0 Å². The van der Waals surface area contributed by atoms with Gasteiger partial charge in [0.15, 0.2) is 0 Å². The average molecular weight is 236 g/mol. The number of nitrogens with zero attached hydrogens (tertiary/aromatic N) is 1. The molecule has 0 fully saturated rings. The topological polar surface area (TPSA) is 55.6 Å². The quantitative estimate of drug-likeness (QED) is 0.812. The number of benzene rings is 1. The first kappa shape index (κ1) is 13.5. The first-order valence-corrected chi connectivity index (χ1v) is 5.83. The fourth-order valence-electron chi connectivity index (χ4n) is 1.58. The van der Waals surface area contributed by atoms with Gasteiger partial charge in [0.2, 0.25) is 5.91 Å². The summed E-state index contributed by atoms with van der Waals surface area (Å²) in [6, 6.07) is 7.78. The molecule has 17 heavy (non-hydrogen) atoms. The molecule has 1 rings (SSSR count). The predicted octanol–water partition coefficient (Wildman–Crippen LogP) is 1.39. The molecule has 0 saturated heterocycles. The molecule has 2 N–H and O–H groups in total. The largest absolute Gasteiger partial charge is 0.494 e. The smallest absolute Gasteiger partial charge is 0.223 e. The number of carbonyl (C=O) groups is 1. The predicted molar refractivity (Wildman–Crippen MR) is 67.8 cm³/mol. The van der Waals surface area contributed by atoms with Crippen LogP contribution in [0.25, 0.3) is 0 Å². The van der Waals surface area contributed by atoms with Crippen LogP contribution in [0.5, 0.6) is 5.75 Å². The van der Waals surface area contributed by atoms with Crippen molar-refractivity contribution >= 4 is 5.91 Å². The van der Waals surface area contributed by atoms with E-state index in [1.54, 1.807) is 11.9 Å². The Balaban J connectivity index is 2.61. The van der Waals surface area contributed by atoms with E-state index in [0.29, 0.717) is 26.1 Å². The molecule has 1 aromatic rings. The standard InChI is InChI=1S/C13H20N2O2/c1-3-17-12-6-4-5-11(9-12)10-15(2)13(16)7-8-14/h4-6,9H,3,7-8,10,14H2,1-2H3. The van der Waals surface area contributed by atoms with E-state index >= 15 is 0 Å². The van der Waals surface area contributed by atoms with Crippen LogP contribution in [-0.2, 0) is 11.3 Å². The number of hydrogen-bond acceptors (Lipinski definition) is 3. The molecule has 0 aliphatic rings. The lowest BCUT2D eigenvalue weighted by atomic mass is 10.2. The van der Waals surface area contributed by atoms with Crippen molar-refractivity contribution in [3.8, 4) is 5.75 Å². The summed E-state index contributed by atoms with van der Waals surface area (Å²) in [6.07, 6.45) is 0.391. The lowest BCUT2D eigenvalue weighted by molar-refractivity contribution is -0.130. The molecule has 0 aromatic heterocycles. The Morgan fingerprint density at radius 2 is 2.24 bits per heavy atom. The van der Waals surface area contributed by atoms with Crippen molar-refractivity contribution in [3.05, 3.63) is 29.8 Å². The maximum atomic E-state index is 11.6. The van der Waals surface area contributed by atoms with E-state index in [1.165, 1.54) is 0 Å². The first-order chi connectivity index (χ1) is 8.17. The normalized spacial score (nSPS) is 10.1. The molecule has 0 unspecified atom stereocenters. The molecule has 0 heterocycles. The fourth-order valence-corrected chi connectivity index (χ4v) is 1.58. The highest BCUT2D eigenvalue weighted by molar-refractivity contribution is 5.76. The third kappa shape index (κ3) is 4.44. The Kier molecular flexibility index (Phi) is 5.49. The van der Waals surface area contributed by atoms with Crippen LogP contribution in [0, 0.1) is 0 Å². The number of amides is 1. The Bertz CT molecular complexity index is 366. The summed E-state index contributed by atoms with van der Waals surface area (Å²) in [5.41, 5.74) is 6.42. The molecular formula is C13H20N2O2. The molecular weight excluding hydrogens is 216 g/mol. The van der Waals surface area contributed by atoms with Gasteiger partial charge in [0, 0.05) is 26.6 Å². The second-order valence-corrected chi connectivity index (χ2v) is 3.87. The van der Waals surface area contributed by atoms with Gasteiger partial charge in [-0.05, 0) is 24.6 Å². The first-order valence-electron chi connectivity index (χ1n) is 5.83. The monoisotopic (exact) mass is 236 g/mol. The van der Waals surface area contributed by atoms with E-state index in [9.17, 15) is 4.79 Å². The molecule has 0 aliphatic heterocycles. The second kappa shape index (κ2) is 6.91. The maximum Gasteiger partial charge on any atom is 0.223 e. The summed E-state index contributed by atoms with van der Waals surface area (Å²) in [6.45, 7) is 3.57. The summed E-state index contributed by atoms with van der Waals surface area (Å²) >= 11 is 0. The zero-order chi connectivity index (χ0) is 12.7. The van der Waals surface area contributed by atoms with Gasteiger partial charge in [-0.2, -0.15) is 0 Å². The third-order valence-corrected chi connectivity index (χ3v) is 2.41. The molecule has 1 aromatic carbocycles. The Morgan fingerprint density at radius 1 is 1.47 bits per heavy atom. The Morgan fingerprint density at radius 3 is 2.88 bits per heavy atom. The molecule has 0 aliphatic carbocycles. The van der Waals surface area contributed by atoms with Gasteiger partial charge >= 0.3 is 0 Å². The Labute approximate surface area is 102 Å². The van der Waals surface area contributed by atoms with Crippen LogP contribution in [0.2, 0.25) is 0 Å². The van der Waals surface area contributed by atoms with E-state index in [1.807, 2.05) is 31.2 Å². The highest BCUT2D eigenvalue weighted by Gasteiger charge is 2.08. The van der Waals surface area contributed by atoms with Crippen molar-refractivity contribution in [1.29, 1.82) is 0 Å². The van der Waals surface area contributed by atoms with Gasteiger partial charge in [-0.15, -0.1) is 0 Å². The lowest BCUT2D eigenvalue weighted by Gasteiger charge is -2.17. The zero-order valence-corrected chi connectivity index (χ0v) is 10.5. The van der Waals surface area contributed by atoms with Crippen molar-refractivity contribution in [2.45, 2.75) is 19.9 Å². The number of ether oxygens (including phenoxy) is 1. The molecule has 94 valence electrons. The van der Waals surface area contributed by atoms with Gasteiger partial charge in [-0.1, -0.05) is 12.1 Å². The minimum absolute atomic E-state index is 0.0642. The lowest BCUT2D eigenvalue weighted by Crippen LogP contribution is -2.27. The van der Waals surface area contributed by atoms with Crippen LogP contribution >= 0.6 is 0 Å². The molecule has 0 bridgehead atoms. The molecule has 0 spiro atoms. The van der Waals surface area contributed by atoms with Gasteiger partial charge in [0.1, 0.15) is 5.75 Å². The average Bonchev–Trinajstić information content (AvgIpc) is 2.30. The minimum atomic E-state index is 0.0642. The van der Waals surface area contributed by atoms with Gasteiger partial charge in [-0.3, -0.25) is 4.79 Å². The van der Waals surface area contributed by atoms with Gasteiger partial charge in [0.05, 0.1) is 6.61 Å². The van der Waals surface area contributed by atoms with Crippen LogP contribution in [0.3, 0.4) is 0 Å². The van der Waals surface area contributed by atoms with Gasteiger partial charge in [0.25, 0.3) is 0 Å². The van der Waals surface area contributed by atoms with Crippen LogP contribution in [0.15, 0.2) is 24.3 Å². The van der Waals surface area contributed by atoms with Crippen molar-refractivity contribution in [2.24, 2.45) is 5.73 Å². The minimum Gasteiger partial charge on any atom is -0.494 e. The van der Waals surface area contributed by atoms with Crippen LogP contribution in [0.1, 0.15) is 18.9 Å². The van der Waals surface area contributed by atoms with Crippen molar-refractivity contribution in [1.82, 2.24) is 4.90 Å². The van der Waals surface area contributed by atoms with Crippen LogP contribution in [-0.4, -0.2) is 31.0 Å². The fraction of sp³-hybridized carbons (Fsp3) is 0.462. The van der Waals surface area contributed by atoms with E-state index in [-0.39, 0.29) is 5.91 Å². The van der Waals surface area contributed by atoms with Crippen molar-refractivity contribution in [3.63, 3.8) is 0 Å². The molecule has 0 radical (unpaired) electrons. The van der Waals surface area contributed by atoms with E-state index in [0.717, 1.165) is 11.3 Å². The molecule has 0 saturated carbocycles. The Hall–Kier alpha value is -1.55. The number of nitrogens with two attached hydrogens (primary N) is 1. The van der Waals surface area contributed by atoms with Crippen molar-refractivity contribution in [2.75, 3.05) is 20.2 Å². The number of rotatable bonds is 6. The number of carbonyl (C=O) groups excluding carboxylic acids is 1. The van der Waals surface area contributed by atoms with Crippen molar-refractivity contribution < 1.29 is 9.53 Å². The summed E-state index contributed by atoms with van der Waals surface area (Å²) in [5.74, 6) is 0.902. The third-order valence-electron chi connectivity index (χ3n) is 2.41. The van der Waals surface area contributed by atoms with E-state index in [4.69, 9.17) is 10.5 Å². The van der Waals surface area contributed by atoms with Gasteiger partial charge in [-0.25, -0.2) is 0 Å². The van der Waals surface area contributed by atoms with Crippen LogP contribution < -0.4 is 10.5 Å². The second-order valence-electron chi connectivity index (χ2n) is 3.87.